The fourth-order valence-corrected chi connectivity index (χ4v) is 3.03. The molecule has 6 heteroatoms. The summed E-state index contributed by atoms with van der Waals surface area (Å²) < 4.78 is 0. The molecule has 1 aliphatic carbocycles. The molecule has 1 aliphatic rings. The Bertz CT molecular complexity index is 750. The first kappa shape index (κ1) is 15.8. The minimum atomic E-state index is -0.884. The van der Waals surface area contributed by atoms with Crippen LogP contribution in [0.2, 0.25) is 10.0 Å². The molecule has 0 aromatic heterocycles. The van der Waals surface area contributed by atoms with Crippen molar-refractivity contribution in [2.75, 3.05) is 4.90 Å². The third-order valence-corrected chi connectivity index (χ3v) is 4.43. The van der Waals surface area contributed by atoms with Crippen molar-refractivity contribution in [2.24, 2.45) is 5.73 Å². The number of carbonyl (C=O) groups is 2. The highest BCUT2D eigenvalue weighted by Crippen LogP contribution is 2.40. The van der Waals surface area contributed by atoms with E-state index in [1.165, 1.54) is 30.5 Å². The van der Waals surface area contributed by atoms with Crippen molar-refractivity contribution < 1.29 is 9.59 Å². The molecule has 2 aromatic carbocycles. The Morgan fingerprint density at radius 3 is 2.04 bits per heavy atom. The largest absolute Gasteiger partial charge is 0.351 e. The van der Waals surface area contributed by atoms with Gasteiger partial charge in [0, 0.05) is 0 Å². The van der Waals surface area contributed by atoms with Crippen LogP contribution < -0.4 is 10.6 Å². The molecule has 0 saturated heterocycles. The van der Waals surface area contributed by atoms with E-state index in [0.29, 0.717) is 11.6 Å². The Hall–Kier alpha value is -2.04. The number of carbonyl (C=O) groups excluding carboxylic acids is 2. The molecule has 0 unspecified atom stereocenters. The number of nitrogens with two attached hydrogens (primary N) is 1. The van der Waals surface area contributed by atoms with Crippen LogP contribution in [-0.4, -0.2) is 11.9 Å². The lowest BCUT2D eigenvalue weighted by Gasteiger charge is -2.20. The first-order chi connectivity index (χ1) is 11.0. The minimum Gasteiger partial charge on any atom is -0.351 e. The minimum absolute atomic E-state index is 0.0564. The van der Waals surface area contributed by atoms with Gasteiger partial charge in [-0.15, -0.1) is 0 Å². The van der Waals surface area contributed by atoms with Crippen molar-refractivity contribution in [1.29, 1.82) is 0 Å². The molecule has 23 heavy (non-hydrogen) atoms. The molecule has 0 radical (unpaired) electrons. The summed E-state index contributed by atoms with van der Waals surface area (Å²) in [6.45, 7) is 0. The molecule has 3 rings (SSSR count). The predicted molar refractivity (Wildman–Crippen MR) is 91.3 cm³/mol. The molecule has 0 heterocycles. The maximum absolute atomic E-state index is 12.7. The highest BCUT2D eigenvalue weighted by molar-refractivity contribution is 6.41. The number of urea groups is 1. The van der Waals surface area contributed by atoms with Gasteiger partial charge in [-0.3, -0.25) is 4.79 Å². The monoisotopic (exact) mass is 348 g/mol. The molecule has 4 nitrogen and oxygen atoms in total. The zero-order valence-corrected chi connectivity index (χ0v) is 13.6. The Morgan fingerprint density at radius 1 is 1.00 bits per heavy atom. The molecular weight excluding hydrogens is 335 g/mol. The second-order valence-corrected chi connectivity index (χ2v) is 6.26. The van der Waals surface area contributed by atoms with Gasteiger partial charge in [0.1, 0.15) is 0 Å². The highest BCUT2D eigenvalue weighted by atomic mass is 35.5. The number of rotatable bonds is 3. The second-order valence-electron chi connectivity index (χ2n) is 5.44. The number of hydrogen-bond donors (Lipinski definition) is 1. The number of benzene rings is 2. The zero-order valence-electron chi connectivity index (χ0n) is 12.1. The van der Waals surface area contributed by atoms with E-state index in [9.17, 15) is 9.59 Å². The van der Waals surface area contributed by atoms with Crippen LogP contribution in [-0.2, 0) is 0 Å². The van der Waals surface area contributed by atoms with Crippen LogP contribution >= 0.6 is 23.2 Å². The first-order valence-electron chi connectivity index (χ1n) is 7.17. The van der Waals surface area contributed by atoms with Gasteiger partial charge in [0.05, 0.1) is 21.3 Å². The van der Waals surface area contributed by atoms with Gasteiger partial charge in [-0.25, -0.2) is 9.69 Å². The molecular formula is C17H14Cl2N2O2. The van der Waals surface area contributed by atoms with Gasteiger partial charge in [-0.2, -0.15) is 0 Å². The zero-order chi connectivity index (χ0) is 16.6. The van der Waals surface area contributed by atoms with Crippen LogP contribution in [0.15, 0.2) is 42.5 Å². The summed E-state index contributed by atoms with van der Waals surface area (Å²) in [4.78, 5) is 25.4. The molecule has 0 bridgehead atoms. The summed E-state index contributed by atoms with van der Waals surface area (Å²) >= 11 is 12.1. The summed E-state index contributed by atoms with van der Waals surface area (Å²) in [5, 5.41) is 0.340. The number of halogens is 2. The topological polar surface area (TPSA) is 63.4 Å². The molecule has 1 saturated carbocycles. The van der Waals surface area contributed by atoms with E-state index in [1.54, 1.807) is 18.2 Å². The van der Waals surface area contributed by atoms with Gasteiger partial charge in [0.25, 0.3) is 5.91 Å². The van der Waals surface area contributed by atoms with E-state index in [2.05, 4.69) is 0 Å². The third kappa shape index (κ3) is 3.19. The maximum Gasteiger partial charge on any atom is 0.326 e. The van der Waals surface area contributed by atoms with Crippen LogP contribution in [0.4, 0.5) is 10.5 Å². The van der Waals surface area contributed by atoms with Gasteiger partial charge in [-0.05, 0) is 48.6 Å². The molecule has 0 aliphatic heterocycles. The second kappa shape index (κ2) is 6.22. The highest BCUT2D eigenvalue weighted by Gasteiger charge is 2.28. The Morgan fingerprint density at radius 2 is 1.57 bits per heavy atom. The van der Waals surface area contributed by atoms with E-state index in [-0.39, 0.29) is 15.6 Å². The van der Waals surface area contributed by atoms with Crippen LogP contribution in [0.25, 0.3) is 0 Å². The van der Waals surface area contributed by atoms with Crippen molar-refractivity contribution >= 4 is 40.8 Å². The molecule has 3 amide bonds. The van der Waals surface area contributed by atoms with E-state index in [1.807, 2.05) is 12.1 Å². The SMILES string of the molecule is NC(=O)N(C(=O)c1c(Cl)cccc1Cl)c1ccc(C2CC2)cc1. The van der Waals surface area contributed by atoms with Crippen molar-refractivity contribution in [3.63, 3.8) is 0 Å². The number of hydrogen-bond acceptors (Lipinski definition) is 2. The van der Waals surface area contributed by atoms with Crippen LogP contribution in [0.1, 0.15) is 34.7 Å². The molecule has 2 N–H and O–H groups in total. The van der Waals surface area contributed by atoms with Gasteiger partial charge >= 0.3 is 6.03 Å². The van der Waals surface area contributed by atoms with Gasteiger partial charge in [0.15, 0.2) is 0 Å². The first-order valence-corrected chi connectivity index (χ1v) is 7.92. The fraction of sp³-hybridized carbons (Fsp3) is 0.176. The van der Waals surface area contributed by atoms with Crippen LogP contribution in [0, 0.1) is 0 Å². The molecule has 118 valence electrons. The molecule has 0 atom stereocenters. The van der Waals surface area contributed by atoms with Crippen LogP contribution in [0.5, 0.6) is 0 Å². The van der Waals surface area contributed by atoms with Gasteiger partial charge in [0.2, 0.25) is 0 Å². The number of imide groups is 1. The number of primary amides is 1. The lowest BCUT2D eigenvalue weighted by atomic mass is 10.1. The normalized spacial score (nSPS) is 13.7. The standard InChI is InChI=1S/C17H14Cl2N2O2/c18-13-2-1-3-14(19)15(13)16(22)21(17(20)23)12-8-6-11(7-9-12)10-4-5-10/h1-3,6-10H,4-5H2,(H2,20,23). The average Bonchev–Trinajstić information content (AvgIpc) is 3.32. The van der Waals surface area contributed by atoms with E-state index >= 15 is 0 Å². The lowest BCUT2D eigenvalue weighted by molar-refractivity contribution is 0.0995. The Balaban J connectivity index is 1.98. The van der Waals surface area contributed by atoms with Crippen molar-refractivity contribution in [2.45, 2.75) is 18.8 Å². The summed E-state index contributed by atoms with van der Waals surface area (Å²) in [6, 6.07) is 11.0. The van der Waals surface area contributed by atoms with Gasteiger partial charge < -0.3 is 5.73 Å². The molecule has 0 spiro atoms. The number of amides is 3. The van der Waals surface area contributed by atoms with Crippen molar-refractivity contribution in [1.82, 2.24) is 0 Å². The van der Waals surface area contributed by atoms with Crippen molar-refractivity contribution in [3.05, 3.63) is 63.6 Å². The molecule has 1 fully saturated rings. The quantitative estimate of drug-likeness (QED) is 0.880. The summed E-state index contributed by atoms with van der Waals surface area (Å²) in [5.74, 6) is -0.0629. The van der Waals surface area contributed by atoms with Crippen molar-refractivity contribution in [3.8, 4) is 0 Å². The number of anilines is 1. The lowest BCUT2D eigenvalue weighted by Crippen LogP contribution is -2.41. The predicted octanol–water partition coefficient (Wildman–Crippen LogP) is 4.60. The van der Waals surface area contributed by atoms with Gasteiger partial charge in [-0.1, -0.05) is 41.4 Å². The summed E-state index contributed by atoms with van der Waals surface area (Å²) in [5.41, 5.74) is 7.04. The fourth-order valence-electron chi connectivity index (χ4n) is 2.47. The third-order valence-electron chi connectivity index (χ3n) is 3.80. The van der Waals surface area contributed by atoms with E-state index in [0.717, 1.165) is 4.90 Å². The maximum atomic E-state index is 12.7. The summed E-state index contributed by atoms with van der Waals surface area (Å²) in [6.07, 6.45) is 2.35. The van der Waals surface area contributed by atoms with Crippen LogP contribution in [0.3, 0.4) is 0 Å². The molecule has 2 aromatic rings. The average molecular weight is 349 g/mol. The van der Waals surface area contributed by atoms with E-state index < -0.39 is 11.9 Å². The van der Waals surface area contributed by atoms with E-state index in [4.69, 9.17) is 28.9 Å². The Labute approximate surface area is 143 Å². The summed E-state index contributed by atoms with van der Waals surface area (Å²) in [7, 11) is 0. The smallest absolute Gasteiger partial charge is 0.326 e. The number of nitrogens with zero attached hydrogens (tertiary/aromatic N) is 1. The Kier molecular flexibility index (Phi) is 4.28.